The van der Waals surface area contributed by atoms with Crippen molar-refractivity contribution < 1.29 is 25.9 Å². The van der Waals surface area contributed by atoms with Gasteiger partial charge in [-0.3, -0.25) is 9.11 Å². The lowest BCUT2D eigenvalue weighted by Crippen LogP contribution is -2.37. The number of hydrogen-bond donors (Lipinski definition) is 2. The third-order valence-corrected chi connectivity index (χ3v) is 4.17. The molecule has 1 aliphatic carbocycles. The van der Waals surface area contributed by atoms with Crippen molar-refractivity contribution in [1.29, 1.82) is 0 Å². The van der Waals surface area contributed by atoms with E-state index in [1.54, 1.807) is 0 Å². The molecule has 8 heteroatoms. The topological polar surface area (TPSA) is 109 Å². The van der Waals surface area contributed by atoms with E-state index in [2.05, 4.69) is 0 Å². The summed E-state index contributed by atoms with van der Waals surface area (Å²) in [6.45, 7) is 0. The SMILES string of the molecule is O=S(=O)(O)C1C=CC=CC1S(=O)(=O)O. The molecule has 0 amide bonds. The van der Waals surface area contributed by atoms with E-state index in [4.69, 9.17) is 9.11 Å². The van der Waals surface area contributed by atoms with Crippen LogP contribution in [0.15, 0.2) is 24.3 Å². The Hall–Kier alpha value is -0.700. The van der Waals surface area contributed by atoms with Crippen molar-refractivity contribution in [3.05, 3.63) is 24.3 Å². The molecule has 0 fully saturated rings. The molecule has 0 aromatic heterocycles. The highest BCUT2D eigenvalue weighted by atomic mass is 32.2. The van der Waals surface area contributed by atoms with Crippen molar-refractivity contribution in [2.75, 3.05) is 0 Å². The lowest BCUT2D eigenvalue weighted by molar-refractivity contribution is 0.456. The molecule has 1 aliphatic rings. The minimum atomic E-state index is -4.54. The highest BCUT2D eigenvalue weighted by molar-refractivity contribution is 7.90. The van der Waals surface area contributed by atoms with Gasteiger partial charge in [0.25, 0.3) is 20.2 Å². The Labute approximate surface area is 81.4 Å². The van der Waals surface area contributed by atoms with Crippen molar-refractivity contribution >= 4 is 20.2 Å². The van der Waals surface area contributed by atoms with Gasteiger partial charge in [0.15, 0.2) is 0 Å². The molecule has 0 spiro atoms. The maximum atomic E-state index is 10.7. The van der Waals surface area contributed by atoms with Gasteiger partial charge in [-0.2, -0.15) is 16.8 Å². The summed E-state index contributed by atoms with van der Waals surface area (Å²) in [6.07, 6.45) is 4.54. The highest BCUT2D eigenvalue weighted by Gasteiger charge is 2.37. The molecule has 0 aromatic rings. The zero-order chi connectivity index (χ0) is 11.0. The Morgan fingerprint density at radius 2 is 1.07 bits per heavy atom. The fourth-order valence-electron chi connectivity index (χ4n) is 1.10. The van der Waals surface area contributed by atoms with Gasteiger partial charge in [0, 0.05) is 0 Å². The lowest BCUT2D eigenvalue weighted by Gasteiger charge is -2.18. The van der Waals surface area contributed by atoms with Crippen molar-refractivity contribution in [2.24, 2.45) is 0 Å². The zero-order valence-electron chi connectivity index (χ0n) is 6.81. The van der Waals surface area contributed by atoms with Gasteiger partial charge in [-0.15, -0.1) is 0 Å². The molecule has 0 aromatic carbocycles. The first kappa shape index (κ1) is 11.4. The van der Waals surface area contributed by atoms with Crippen LogP contribution in [-0.4, -0.2) is 36.4 Å². The van der Waals surface area contributed by atoms with E-state index in [1.165, 1.54) is 12.2 Å². The number of hydrogen-bond acceptors (Lipinski definition) is 4. The summed E-state index contributed by atoms with van der Waals surface area (Å²) in [5.41, 5.74) is 0. The van der Waals surface area contributed by atoms with Gasteiger partial charge in [0.2, 0.25) is 0 Å². The predicted octanol–water partition coefficient (Wildman–Crippen LogP) is -0.375. The summed E-state index contributed by atoms with van der Waals surface area (Å²) >= 11 is 0. The second kappa shape index (κ2) is 3.46. The third-order valence-electron chi connectivity index (χ3n) is 1.72. The van der Waals surface area contributed by atoms with Gasteiger partial charge in [-0.1, -0.05) is 24.3 Å². The molecule has 0 saturated carbocycles. The first-order valence-corrected chi connectivity index (χ1v) is 6.51. The van der Waals surface area contributed by atoms with Crippen molar-refractivity contribution in [1.82, 2.24) is 0 Å². The molecular formula is C6H8O6S2. The first-order valence-electron chi connectivity index (χ1n) is 3.50. The minimum Gasteiger partial charge on any atom is -0.285 e. The largest absolute Gasteiger partial charge is 0.285 e. The van der Waals surface area contributed by atoms with Crippen LogP contribution < -0.4 is 0 Å². The van der Waals surface area contributed by atoms with Gasteiger partial charge in [-0.05, 0) is 0 Å². The molecule has 1 rings (SSSR count). The van der Waals surface area contributed by atoms with Gasteiger partial charge in [-0.25, -0.2) is 0 Å². The molecule has 0 bridgehead atoms. The van der Waals surface area contributed by atoms with Gasteiger partial charge >= 0.3 is 0 Å². The van der Waals surface area contributed by atoms with E-state index in [0.29, 0.717) is 0 Å². The minimum absolute atomic E-state index is 0.994. The summed E-state index contributed by atoms with van der Waals surface area (Å²) in [5.74, 6) is 0. The summed E-state index contributed by atoms with van der Waals surface area (Å²) in [4.78, 5) is 0. The Morgan fingerprint density at radius 1 is 0.786 bits per heavy atom. The van der Waals surface area contributed by atoms with Crippen LogP contribution in [0.1, 0.15) is 0 Å². The van der Waals surface area contributed by atoms with Crippen LogP contribution in [0.4, 0.5) is 0 Å². The molecule has 80 valence electrons. The smallest absolute Gasteiger partial charge is 0.273 e. The maximum absolute atomic E-state index is 10.7. The fourth-order valence-corrected chi connectivity index (χ4v) is 3.38. The summed E-state index contributed by atoms with van der Waals surface area (Å²) in [7, 11) is -9.07. The van der Waals surface area contributed by atoms with E-state index >= 15 is 0 Å². The Balaban J connectivity index is 3.20. The quantitative estimate of drug-likeness (QED) is 0.637. The Kier molecular flexibility index (Phi) is 2.81. The second-order valence-corrected chi connectivity index (χ2v) is 5.88. The monoisotopic (exact) mass is 240 g/mol. The average Bonchev–Trinajstić information content (AvgIpc) is 2.01. The molecule has 0 radical (unpaired) electrons. The molecular weight excluding hydrogens is 232 g/mol. The number of rotatable bonds is 2. The van der Waals surface area contributed by atoms with Crippen LogP contribution >= 0.6 is 0 Å². The van der Waals surface area contributed by atoms with E-state index in [1.807, 2.05) is 0 Å². The average molecular weight is 240 g/mol. The van der Waals surface area contributed by atoms with Crippen LogP contribution in [0.25, 0.3) is 0 Å². The predicted molar refractivity (Wildman–Crippen MR) is 49.0 cm³/mol. The van der Waals surface area contributed by atoms with Gasteiger partial charge in [0.1, 0.15) is 10.5 Å². The highest BCUT2D eigenvalue weighted by Crippen LogP contribution is 2.18. The molecule has 6 nitrogen and oxygen atoms in total. The van der Waals surface area contributed by atoms with Crippen molar-refractivity contribution in [3.8, 4) is 0 Å². The summed E-state index contributed by atoms with van der Waals surface area (Å²) in [6, 6.07) is 0. The molecule has 2 atom stereocenters. The molecule has 14 heavy (non-hydrogen) atoms. The zero-order valence-corrected chi connectivity index (χ0v) is 8.44. The van der Waals surface area contributed by atoms with E-state index in [9.17, 15) is 16.8 Å². The molecule has 2 unspecified atom stereocenters. The van der Waals surface area contributed by atoms with Crippen LogP contribution in [0, 0.1) is 0 Å². The molecule has 0 saturated heterocycles. The first-order chi connectivity index (χ1) is 6.23. The Bertz CT molecular complexity index is 422. The van der Waals surface area contributed by atoms with Crippen LogP contribution in [0.5, 0.6) is 0 Å². The molecule has 2 N–H and O–H groups in total. The van der Waals surface area contributed by atoms with Gasteiger partial charge in [0.05, 0.1) is 0 Å². The summed E-state index contributed by atoms with van der Waals surface area (Å²) in [5, 5.41) is -3.30. The summed E-state index contributed by atoms with van der Waals surface area (Å²) < 4.78 is 60.3. The van der Waals surface area contributed by atoms with Crippen LogP contribution in [-0.2, 0) is 20.2 Å². The lowest BCUT2D eigenvalue weighted by atomic mass is 10.2. The number of allylic oxidation sites excluding steroid dienone is 2. The fraction of sp³-hybridized carbons (Fsp3) is 0.333. The third kappa shape index (κ3) is 2.41. The van der Waals surface area contributed by atoms with Crippen molar-refractivity contribution in [2.45, 2.75) is 10.5 Å². The molecule has 0 aliphatic heterocycles. The van der Waals surface area contributed by atoms with E-state index < -0.39 is 30.7 Å². The van der Waals surface area contributed by atoms with Crippen LogP contribution in [0.2, 0.25) is 0 Å². The maximum Gasteiger partial charge on any atom is 0.273 e. The van der Waals surface area contributed by atoms with Crippen LogP contribution in [0.3, 0.4) is 0 Å². The Morgan fingerprint density at radius 3 is 1.29 bits per heavy atom. The normalized spacial score (nSPS) is 27.9. The standard InChI is InChI=1S/C6H8O6S2/c7-13(8,9)5-3-1-2-4-6(5)14(10,11)12/h1-6H,(H,7,8,9)(H,10,11,12). The van der Waals surface area contributed by atoms with E-state index in [-0.39, 0.29) is 0 Å². The molecule has 0 heterocycles. The van der Waals surface area contributed by atoms with Crippen molar-refractivity contribution in [3.63, 3.8) is 0 Å². The second-order valence-electron chi connectivity index (χ2n) is 2.73. The van der Waals surface area contributed by atoms with Gasteiger partial charge < -0.3 is 0 Å². The van der Waals surface area contributed by atoms with E-state index in [0.717, 1.165) is 12.2 Å².